The van der Waals surface area contributed by atoms with Crippen molar-refractivity contribution in [2.24, 2.45) is 11.3 Å². The van der Waals surface area contributed by atoms with Gasteiger partial charge in [-0.15, -0.1) is 0 Å². The number of halogens is 1. The number of nitriles is 1. The maximum atomic E-state index is 13.7. The third-order valence-electron chi connectivity index (χ3n) is 4.53. The van der Waals surface area contributed by atoms with E-state index >= 15 is 0 Å². The molecule has 1 aromatic rings. The van der Waals surface area contributed by atoms with Crippen molar-refractivity contribution in [1.29, 1.82) is 5.26 Å². The summed E-state index contributed by atoms with van der Waals surface area (Å²) in [5.41, 5.74) is 0.0899. The zero-order valence-electron chi connectivity index (χ0n) is 12.5. The highest BCUT2D eigenvalue weighted by Crippen LogP contribution is 2.42. The molecule has 3 heteroatoms. The molecule has 0 saturated heterocycles. The van der Waals surface area contributed by atoms with Crippen LogP contribution >= 0.6 is 0 Å². The van der Waals surface area contributed by atoms with Gasteiger partial charge in [-0.2, -0.15) is 5.26 Å². The van der Waals surface area contributed by atoms with Crippen molar-refractivity contribution in [3.63, 3.8) is 0 Å². The summed E-state index contributed by atoms with van der Waals surface area (Å²) in [5, 5.41) is 12.7. The first-order valence-corrected chi connectivity index (χ1v) is 7.30. The molecule has 0 atom stereocenters. The number of nitrogens with zero attached hydrogens (tertiary/aromatic N) is 1. The molecule has 1 N–H and O–H groups in total. The van der Waals surface area contributed by atoms with Crippen LogP contribution in [0.5, 0.6) is 0 Å². The molecule has 2 nitrogen and oxygen atoms in total. The zero-order chi connectivity index (χ0) is 14.8. The number of hydrogen-bond acceptors (Lipinski definition) is 2. The van der Waals surface area contributed by atoms with Crippen LogP contribution in [0.25, 0.3) is 0 Å². The van der Waals surface area contributed by atoms with Crippen LogP contribution in [0.15, 0.2) is 24.3 Å². The van der Waals surface area contributed by atoms with Gasteiger partial charge in [0.15, 0.2) is 0 Å². The average Bonchev–Trinajstić information content (AvgIpc) is 2.41. The third kappa shape index (κ3) is 3.12. The van der Waals surface area contributed by atoms with E-state index < -0.39 is 5.54 Å². The van der Waals surface area contributed by atoms with Gasteiger partial charge in [0.05, 0.1) is 11.8 Å². The lowest BCUT2D eigenvalue weighted by atomic mass is 9.67. The first-order chi connectivity index (χ1) is 9.36. The summed E-state index contributed by atoms with van der Waals surface area (Å²) in [7, 11) is 0. The number of anilines is 1. The number of rotatable bonds is 2. The first-order valence-electron chi connectivity index (χ1n) is 7.30. The fourth-order valence-corrected chi connectivity index (χ4v) is 3.06. The first kappa shape index (κ1) is 14.8. The molecule has 1 aromatic carbocycles. The Morgan fingerprint density at radius 2 is 1.85 bits per heavy atom. The van der Waals surface area contributed by atoms with Crippen molar-refractivity contribution >= 4 is 5.69 Å². The van der Waals surface area contributed by atoms with Gasteiger partial charge in [0.1, 0.15) is 11.4 Å². The Morgan fingerprint density at radius 3 is 2.35 bits per heavy atom. The van der Waals surface area contributed by atoms with Crippen LogP contribution in [0.4, 0.5) is 10.1 Å². The lowest BCUT2D eigenvalue weighted by molar-refractivity contribution is 0.159. The third-order valence-corrected chi connectivity index (χ3v) is 4.53. The number of benzene rings is 1. The Morgan fingerprint density at radius 1 is 1.25 bits per heavy atom. The van der Waals surface area contributed by atoms with Gasteiger partial charge in [-0.05, 0) is 49.1 Å². The van der Waals surface area contributed by atoms with Crippen molar-refractivity contribution in [3.8, 4) is 6.07 Å². The summed E-state index contributed by atoms with van der Waals surface area (Å²) in [6.45, 7) is 6.75. The fourth-order valence-electron chi connectivity index (χ4n) is 3.06. The lowest BCUT2D eigenvalue weighted by Crippen LogP contribution is -2.42. The van der Waals surface area contributed by atoms with Gasteiger partial charge in [0.2, 0.25) is 0 Å². The van der Waals surface area contributed by atoms with E-state index in [4.69, 9.17) is 0 Å². The Balaban J connectivity index is 2.10. The molecule has 1 saturated carbocycles. The Kier molecular flexibility index (Phi) is 4.04. The summed E-state index contributed by atoms with van der Waals surface area (Å²) in [6.07, 6.45) is 3.58. The minimum atomic E-state index is -0.621. The normalized spacial score (nSPS) is 26.9. The summed E-state index contributed by atoms with van der Waals surface area (Å²) in [4.78, 5) is 0. The van der Waals surface area contributed by atoms with E-state index in [1.165, 1.54) is 6.07 Å². The average molecular weight is 274 g/mol. The SMILES string of the molecule is CC(C)(C)C1CCC(C#N)(Nc2ccccc2F)CC1. The molecular formula is C17H23FN2. The maximum Gasteiger partial charge on any atom is 0.146 e. The van der Waals surface area contributed by atoms with E-state index in [-0.39, 0.29) is 11.2 Å². The van der Waals surface area contributed by atoms with E-state index in [0.717, 1.165) is 25.7 Å². The molecule has 0 heterocycles. The van der Waals surface area contributed by atoms with Crippen LogP contribution in [0.1, 0.15) is 46.5 Å². The molecule has 0 aromatic heterocycles. The van der Waals surface area contributed by atoms with Crippen molar-refractivity contribution in [2.45, 2.75) is 52.0 Å². The van der Waals surface area contributed by atoms with Crippen LogP contribution in [0.3, 0.4) is 0 Å². The van der Waals surface area contributed by atoms with Gasteiger partial charge in [-0.1, -0.05) is 32.9 Å². The summed E-state index contributed by atoms with van der Waals surface area (Å²) in [5.74, 6) is 0.339. The molecule has 0 aliphatic heterocycles. The standard InChI is InChI=1S/C17H23FN2/c1-16(2,3)13-8-10-17(12-19,11-9-13)20-15-7-5-4-6-14(15)18/h4-7,13,20H,8-11H2,1-3H3. The van der Waals surface area contributed by atoms with E-state index in [9.17, 15) is 9.65 Å². The molecule has 0 radical (unpaired) electrons. The van der Waals surface area contributed by atoms with Gasteiger partial charge < -0.3 is 5.32 Å². The van der Waals surface area contributed by atoms with Crippen molar-refractivity contribution in [2.75, 3.05) is 5.32 Å². The summed E-state index contributed by atoms with van der Waals surface area (Å²) in [6, 6.07) is 8.96. The molecular weight excluding hydrogens is 251 g/mol. The van der Waals surface area contributed by atoms with Crippen LogP contribution in [-0.4, -0.2) is 5.54 Å². The van der Waals surface area contributed by atoms with Crippen molar-refractivity contribution in [1.82, 2.24) is 0 Å². The van der Waals surface area contributed by atoms with Gasteiger partial charge >= 0.3 is 0 Å². The second-order valence-corrected chi connectivity index (χ2v) is 6.94. The highest BCUT2D eigenvalue weighted by atomic mass is 19.1. The molecule has 2 rings (SSSR count). The quantitative estimate of drug-likeness (QED) is 0.845. The van der Waals surface area contributed by atoms with Crippen LogP contribution < -0.4 is 5.32 Å². The minimum absolute atomic E-state index is 0.277. The van der Waals surface area contributed by atoms with Crippen LogP contribution in [0, 0.1) is 28.5 Å². The Labute approximate surface area is 121 Å². The zero-order valence-corrected chi connectivity index (χ0v) is 12.5. The Hall–Kier alpha value is -1.56. The van der Waals surface area contributed by atoms with Gasteiger partial charge in [-0.3, -0.25) is 0 Å². The molecule has 0 spiro atoms. The highest BCUT2D eigenvalue weighted by Gasteiger charge is 2.39. The largest absolute Gasteiger partial charge is 0.365 e. The lowest BCUT2D eigenvalue weighted by Gasteiger charge is -2.41. The predicted octanol–water partition coefficient (Wildman–Crippen LogP) is 4.74. The topological polar surface area (TPSA) is 35.8 Å². The monoisotopic (exact) mass is 274 g/mol. The van der Waals surface area contributed by atoms with Crippen LogP contribution in [-0.2, 0) is 0 Å². The van der Waals surface area contributed by atoms with Crippen molar-refractivity contribution < 1.29 is 4.39 Å². The van der Waals surface area contributed by atoms with Gasteiger partial charge in [0.25, 0.3) is 0 Å². The number of para-hydroxylation sites is 1. The van der Waals surface area contributed by atoms with E-state index in [0.29, 0.717) is 11.6 Å². The molecule has 108 valence electrons. The second-order valence-electron chi connectivity index (χ2n) is 6.94. The summed E-state index contributed by atoms with van der Waals surface area (Å²) >= 11 is 0. The fraction of sp³-hybridized carbons (Fsp3) is 0.588. The van der Waals surface area contributed by atoms with Crippen LogP contribution in [0.2, 0.25) is 0 Å². The molecule has 0 unspecified atom stereocenters. The van der Waals surface area contributed by atoms with Gasteiger partial charge in [-0.25, -0.2) is 4.39 Å². The molecule has 0 amide bonds. The smallest absolute Gasteiger partial charge is 0.146 e. The van der Waals surface area contributed by atoms with Gasteiger partial charge in [0, 0.05) is 0 Å². The van der Waals surface area contributed by atoms with E-state index in [2.05, 4.69) is 32.2 Å². The van der Waals surface area contributed by atoms with Crippen molar-refractivity contribution in [3.05, 3.63) is 30.1 Å². The van der Waals surface area contributed by atoms with E-state index in [1.807, 2.05) is 0 Å². The molecule has 1 aliphatic carbocycles. The molecule has 1 aliphatic rings. The molecule has 0 bridgehead atoms. The highest BCUT2D eigenvalue weighted by molar-refractivity contribution is 5.49. The number of nitrogens with one attached hydrogen (secondary N) is 1. The van der Waals surface area contributed by atoms with E-state index in [1.54, 1.807) is 18.2 Å². The number of hydrogen-bond donors (Lipinski definition) is 1. The minimum Gasteiger partial charge on any atom is -0.365 e. The predicted molar refractivity (Wildman–Crippen MR) is 79.8 cm³/mol. The Bertz CT molecular complexity index is 502. The maximum absolute atomic E-state index is 13.7. The molecule has 20 heavy (non-hydrogen) atoms. The summed E-state index contributed by atoms with van der Waals surface area (Å²) < 4.78 is 13.7. The molecule has 1 fully saturated rings. The second kappa shape index (κ2) is 5.44.